The standard InChI is InChI=1S/C17H13N5O2/c1-23-11-6-4-5-10(9-11)16-21-22-17(24-16)14-15(18)20-13-8-3-2-7-12(13)19-14/h2-9H,1H3,(H2,18,20). The van der Waals surface area contributed by atoms with Crippen molar-refractivity contribution in [1.29, 1.82) is 0 Å². The number of rotatable bonds is 3. The number of nitrogen functional groups attached to an aromatic ring is 1. The summed E-state index contributed by atoms with van der Waals surface area (Å²) in [7, 11) is 1.60. The normalized spacial score (nSPS) is 10.9. The van der Waals surface area contributed by atoms with Crippen LogP contribution in [-0.4, -0.2) is 27.3 Å². The molecule has 2 aromatic heterocycles. The monoisotopic (exact) mass is 319 g/mol. The van der Waals surface area contributed by atoms with Crippen LogP contribution < -0.4 is 10.5 Å². The van der Waals surface area contributed by atoms with E-state index in [1.807, 2.05) is 48.5 Å². The predicted octanol–water partition coefficient (Wildman–Crippen LogP) is 2.94. The zero-order valence-corrected chi connectivity index (χ0v) is 12.8. The molecule has 24 heavy (non-hydrogen) atoms. The summed E-state index contributed by atoms with van der Waals surface area (Å²) in [5, 5.41) is 8.11. The first-order chi connectivity index (χ1) is 11.7. The number of ether oxygens (including phenoxy) is 1. The molecule has 0 aliphatic rings. The van der Waals surface area contributed by atoms with Crippen molar-refractivity contribution in [3.63, 3.8) is 0 Å². The van der Waals surface area contributed by atoms with E-state index in [1.54, 1.807) is 7.11 Å². The Kier molecular flexibility index (Phi) is 3.31. The number of aromatic nitrogens is 4. The molecule has 0 aliphatic heterocycles. The highest BCUT2D eigenvalue weighted by Gasteiger charge is 2.16. The van der Waals surface area contributed by atoms with Gasteiger partial charge in [-0.2, -0.15) is 0 Å². The summed E-state index contributed by atoms with van der Waals surface area (Å²) in [4.78, 5) is 8.81. The van der Waals surface area contributed by atoms with Crippen LogP contribution in [0.3, 0.4) is 0 Å². The van der Waals surface area contributed by atoms with Crippen molar-refractivity contribution in [1.82, 2.24) is 20.2 Å². The second kappa shape index (κ2) is 5.62. The number of nitrogens with zero attached hydrogens (tertiary/aromatic N) is 4. The summed E-state index contributed by atoms with van der Waals surface area (Å²) in [5.74, 6) is 1.54. The number of methoxy groups -OCH3 is 1. The van der Waals surface area contributed by atoms with Crippen molar-refractivity contribution < 1.29 is 9.15 Å². The Morgan fingerprint density at radius 1 is 0.917 bits per heavy atom. The fourth-order valence-electron chi connectivity index (χ4n) is 2.36. The van der Waals surface area contributed by atoms with Gasteiger partial charge in [-0.3, -0.25) is 0 Å². The third-order valence-corrected chi connectivity index (χ3v) is 3.54. The molecule has 0 aliphatic carbocycles. The number of benzene rings is 2. The first-order valence-electron chi connectivity index (χ1n) is 7.25. The van der Waals surface area contributed by atoms with Crippen molar-refractivity contribution >= 4 is 16.9 Å². The van der Waals surface area contributed by atoms with E-state index >= 15 is 0 Å². The van der Waals surface area contributed by atoms with Gasteiger partial charge in [0, 0.05) is 5.56 Å². The van der Waals surface area contributed by atoms with Gasteiger partial charge in [-0.15, -0.1) is 10.2 Å². The van der Waals surface area contributed by atoms with Crippen LogP contribution in [0.5, 0.6) is 5.75 Å². The number of para-hydroxylation sites is 2. The fraction of sp³-hybridized carbons (Fsp3) is 0.0588. The lowest BCUT2D eigenvalue weighted by molar-refractivity contribution is 0.415. The smallest absolute Gasteiger partial charge is 0.270 e. The molecule has 2 heterocycles. The van der Waals surface area contributed by atoms with E-state index in [9.17, 15) is 0 Å². The lowest BCUT2D eigenvalue weighted by Crippen LogP contribution is -1.98. The van der Waals surface area contributed by atoms with Crippen molar-refractivity contribution in [3.8, 4) is 28.8 Å². The van der Waals surface area contributed by atoms with Crippen LogP contribution in [0, 0.1) is 0 Å². The van der Waals surface area contributed by atoms with E-state index in [0.29, 0.717) is 28.4 Å². The second-order valence-corrected chi connectivity index (χ2v) is 5.09. The maximum atomic E-state index is 5.99. The molecule has 0 atom stereocenters. The van der Waals surface area contributed by atoms with Gasteiger partial charge in [-0.1, -0.05) is 18.2 Å². The van der Waals surface area contributed by atoms with Crippen molar-refractivity contribution in [3.05, 3.63) is 48.5 Å². The Labute approximate surface area is 137 Å². The largest absolute Gasteiger partial charge is 0.497 e. The van der Waals surface area contributed by atoms with Gasteiger partial charge >= 0.3 is 0 Å². The lowest BCUT2D eigenvalue weighted by Gasteiger charge is -2.02. The quantitative estimate of drug-likeness (QED) is 0.619. The zero-order chi connectivity index (χ0) is 16.5. The molecule has 0 saturated carbocycles. The minimum absolute atomic E-state index is 0.226. The molecule has 0 amide bonds. The minimum Gasteiger partial charge on any atom is -0.497 e. The van der Waals surface area contributed by atoms with Gasteiger partial charge in [0.25, 0.3) is 5.89 Å². The van der Waals surface area contributed by atoms with Gasteiger partial charge in [0.15, 0.2) is 11.5 Å². The molecule has 0 bridgehead atoms. The maximum Gasteiger partial charge on any atom is 0.270 e. The van der Waals surface area contributed by atoms with E-state index in [0.717, 1.165) is 5.56 Å². The molecule has 7 heteroatoms. The third kappa shape index (κ3) is 2.41. The topological polar surface area (TPSA) is 100.0 Å². The molecule has 0 unspecified atom stereocenters. The molecular weight excluding hydrogens is 306 g/mol. The zero-order valence-electron chi connectivity index (χ0n) is 12.8. The molecule has 2 N–H and O–H groups in total. The molecule has 0 fully saturated rings. The predicted molar refractivity (Wildman–Crippen MR) is 89.2 cm³/mol. The second-order valence-electron chi connectivity index (χ2n) is 5.09. The molecule has 4 aromatic rings. The Bertz CT molecular complexity index is 1030. The number of fused-ring (bicyclic) bond motifs is 1. The average Bonchev–Trinajstić information content (AvgIpc) is 3.11. The van der Waals surface area contributed by atoms with Gasteiger partial charge in [-0.05, 0) is 30.3 Å². The number of hydrogen-bond donors (Lipinski definition) is 1. The Balaban J connectivity index is 1.78. The highest BCUT2D eigenvalue weighted by molar-refractivity contribution is 5.80. The Morgan fingerprint density at radius 3 is 2.46 bits per heavy atom. The molecule has 0 saturated heterocycles. The summed E-state index contributed by atoms with van der Waals surface area (Å²) in [6, 6.07) is 14.8. The number of anilines is 1. The Morgan fingerprint density at radius 2 is 1.67 bits per heavy atom. The molecule has 2 aromatic carbocycles. The molecular formula is C17H13N5O2. The first-order valence-corrected chi connectivity index (χ1v) is 7.25. The summed E-state index contributed by atoms with van der Waals surface area (Å²) in [5.41, 5.74) is 8.54. The van der Waals surface area contributed by atoms with Gasteiger partial charge in [-0.25, -0.2) is 9.97 Å². The molecule has 118 valence electrons. The number of nitrogens with two attached hydrogens (primary N) is 1. The summed E-state index contributed by atoms with van der Waals surface area (Å²) >= 11 is 0. The summed E-state index contributed by atoms with van der Waals surface area (Å²) in [6.07, 6.45) is 0. The van der Waals surface area contributed by atoms with E-state index in [4.69, 9.17) is 14.9 Å². The van der Waals surface area contributed by atoms with Crippen LogP contribution in [-0.2, 0) is 0 Å². The highest BCUT2D eigenvalue weighted by atomic mass is 16.5. The molecule has 7 nitrogen and oxygen atoms in total. The molecule has 0 radical (unpaired) electrons. The SMILES string of the molecule is COc1cccc(-c2nnc(-c3nc4ccccc4nc3N)o2)c1. The van der Waals surface area contributed by atoms with Crippen LogP contribution >= 0.6 is 0 Å². The maximum absolute atomic E-state index is 5.99. The van der Waals surface area contributed by atoms with Crippen molar-refractivity contribution in [2.75, 3.05) is 12.8 Å². The van der Waals surface area contributed by atoms with Gasteiger partial charge in [0.2, 0.25) is 5.89 Å². The Hall–Kier alpha value is -3.48. The van der Waals surface area contributed by atoms with Crippen LogP contribution in [0.25, 0.3) is 34.1 Å². The van der Waals surface area contributed by atoms with Gasteiger partial charge < -0.3 is 14.9 Å². The summed E-state index contributed by atoms with van der Waals surface area (Å²) in [6.45, 7) is 0. The minimum atomic E-state index is 0.226. The van der Waals surface area contributed by atoms with Crippen molar-refractivity contribution in [2.24, 2.45) is 0 Å². The number of hydrogen-bond acceptors (Lipinski definition) is 7. The van der Waals surface area contributed by atoms with E-state index in [1.165, 1.54) is 0 Å². The van der Waals surface area contributed by atoms with Crippen LogP contribution in [0.2, 0.25) is 0 Å². The van der Waals surface area contributed by atoms with E-state index in [-0.39, 0.29) is 11.7 Å². The highest BCUT2D eigenvalue weighted by Crippen LogP contribution is 2.28. The van der Waals surface area contributed by atoms with Crippen LogP contribution in [0.1, 0.15) is 0 Å². The van der Waals surface area contributed by atoms with Crippen molar-refractivity contribution in [2.45, 2.75) is 0 Å². The first kappa shape index (κ1) is 14.1. The van der Waals surface area contributed by atoms with Crippen LogP contribution in [0.15, 0.2) is 52.9 Å². The van der Waals surface area contributed by atoms with E-state index < -0.39 is 0 Å². The average molecular weight is 319 g/mol. The molecule has 0 spiro atoms. The third-order valence-electron chi connectivity index (χ3n) is 3.54. The lowest BCUT2D eigenvalue weighted by atomic mass is 10.2. The fourth-order valence-corrected chi connectivity index (χ4v) is 2.36. The van der Waals surface area contributed by atoms with E-state index in [2.05, 4.69) is 20.2 Å². The van der Waals surface area contributed by atoms with Crippen LogP contribution in [0.4, 0.5) is 5.82 Å². The molecule has 4 rings (SSSR count). The summed E-state index contributed by atoms with van der Waals surface area (Å²) < 4.78 is 10.9. The van der Waals surface area contributed by atoms with Gasteiger partial charge in [0.05, 0.1) is 18.1 Å². The van der Waals surface area contributed by atoms with Gasteiger partial charge in [0.1, 0.15) is 5.75 Å².